The van der Waals surface area contributed by atoms with Crippen molar-refractivity contribution in [1.29, 1.82) is 0 Å². The van der Waals surface area contributed by atoms with Gasteiger partial charge in [-0.25, -0.2) is 0 Å². The number of nitrogens with one attached hydrogen (secondary N) is 1. The zero-order valence-corrected chi connectivity index (χ0v) is 12.3. The Morgan fingerprint density at radius 1 is 1.24 bits per heavy atom. The Bertz CT molecular complexity index is 196. The molecular formula is C11H24BCl2NO2. The highest BCUT2D eigenvalue weighted by Gasteiger charge is 2.30. The molecule has 6 heteroatoms. The van der Waals surface area contributed by atoms with E-state index in [-0.39, 0.29) is 24.8 Å². The van der Waals surface area contributed by atoms with Crippen LogP contribution in [0.3, 0.4) is 0 Å². The second-order valence-corrected chi connectivity index (χ2v) is 4.10. The van der Waals surface area contributed by atoms with Crippen molar-refractivity contribution in [3.8, 4) is 0 Å². The summed E-state index contributed by atoms with van der Waals surface area (Å²) in [4.78, 5) is 11.0. The number of carboxylic acids is 1. The first-order valence-electron chi connectivity index (χ1n) is 5.79. The monoisotopic (exact) mass is 283 g/mol. The molecule has 1 unspecified atom stereocenters. The summed E-state index contributed by atoms with van der Waals surface area (Å²) in [5.74, 6) is -0.903. The predicted octanol–water partition coefficient (Wildman–Crippen LogP) is 2.82. The average molecular weight is 284 g/mol. The van der Waals surface area contributed by atoms with Crippen LogP contribution in [0.4, 0.5) is 0 Å². The molecule has 2 radical (unpaired) electrons. The van der Waals surface area contributed by atoms with Gasteiger partial charge in [0, 0.05) is 11.9 Å². The summed E-state index contributed by atoms with van der Waals surface area (Å²) in [6, 6.07) is 0. The zero-order valence-electron chi connectivity index (χ0n) is 10.7. The van der Waals surface area contributed by atoms with E-state index < -0.39 is 11.3 Å². The molecule has 0 heterocycles. The van der Waals surface area contributed by atoms with Crippen LogP contribution in [0, 0.1) is 0 Å². The maximum atomic E-state index is 11.0. The van der Waals surface area contributed by atoms with Crippen LogP contribution >= 0.6 is 24.8 Å². The summed E-state index contributed by atoms with van der Waals surface area (Å²) in [6.45, 7) is 5.34. The van der Waals surface area contributed by atoms with E-state index in [0.29, 0.717) is 13.0 Å². The maximum absolute atomic E-state index is 11.0. The van der Waals surface area contributed by atoms with Gasteiger partial charge in [-0.2, -0.15) is 0 Å². The topological polar surface area (TPSA) is 49.3 Å². The van der Waals surface area contributed by atoms with Gasteiger partial charge in [0.05, 0.1) is 7.85 Å². The zero-order chi connectivity index (χ0) is 11.7. The Labute approximate surface area is 118 Å². The fourth-order valence-electron chi connectivity index (χ4n) is 1.38. The van der Waals surface area contributed by atoms with E-state index >= 15 is 0 Å². The minimum absolute atomic E-state index is 0. The van der Waals surface area contributed by atoms with E-state index in [1.165, 1.54) is 0 Å². The van der Waals surface area contributed by atoms with Gasteiger partial charge in [-0.15, -0.1) is 24.8 Å². The Hall–Kier alpha value is 0.0749. The molecule has 0 aromatic carbocycles. The molecule has 102 valence electrons. The minimum Gasteiger partial charge on any atom is -0.481 e. The summed E-state index contributed by atoms with van der Waals surface area (Å²) < 4.78 is 0. The SMILES string of the molecule is Cl.Cl.[B]C(CCCC)(CNCCCC)C(=O)O. The minimum atomic E-state index is -1.09. The molecule has 0 saturated carbocycles. The van der Waals surface area contributed by atoms with Crippen LogP contribution in [-0.4, -0.2) is 32.0 Å². The van der Waals surface area contributed by atoms with Crippen molar-refractivity contribution in [3.05, 3.63) is 0 Å². The number of rotatable bonds is 9. The van der Waals surface area contributed by atoms with Crippen LogP contribution in [0.2, 0.25) is 5.31 Å². The summed E-state index contributed by atoms with van der Waals surface area (Å²) in [6.07, 6.45) is 4.54. The van der Waals surface area contributed by atoms with E-state index in [1.807, 2.05) is 6.92 Å². The van der Waals surface area contributed by atoms with Gasteiger partial charge < -0.3 is 10.4 Å². The van der Waals surface area contributed by atoms with Gasteiger partial charge >= 0.3 is 5.97 Å². The molecule has 2 N–H and O–H groups in total. The molecule has 0 aliphatic heterocycles. The molecular weight excluding hydrogens is 260 g/mol. The number of hydrogen-bond donors (Lipinski definition) is 2. The van der Waals surface area contributed by atoms with E-state index in [2.05, 4.69) is 12.2 Å². The van der Waals surface area contributed by atoms with Gasteiger partial charge in [0.2, 0.25) is 0 Å². The third kappa shape index (κ3) is 9.75. The highest BCUT2D eigenvalue weighted by Crippen LogP contribution is 2.28. The smallest absolute Gasteiger partial charge is 0.301 e. The molecule has 0 aliphatic carbocycles. The van der Waals surface area contributed by atoms with E-state index in [0.717, 1.165) is 32.2 Å². The fraction of sp³-hybridized carbons (Fsp3) is 0.909. The molecule has 0 fully saturated rings. The van der Waals surface area contributed by atoms with E-state index in [9.17, 15) is 4.79 Å². The first-order valence-corrected chi connectivity index (χ1v) is 5.79. The van der Waals surface area contributed by atoms with Crippen molar-refractivity contribution in [3.63, 3.8) is 0 Å². The summed E-state index contributed by atoms with van der Waals surface area (Å²) in [5, 5.41) is 11.1. The lowest BCUT2D eigenvalue weighted by Gasteiger charge is -2.25. The average Bonchev–Trinajstić information content (AvgIpc) is 2.21. The number of unbranched alkanes of at least 4 members (excludes halogenated alkanes) is 2. The maximum Gasteiger partial charge on any atom is 0.301 e. The second-order valence-electron chi connectivity index (χ2n) is 4.10. The highest BCUT2D eigenvalue weighted by atomic mass is 35.5. The van der Waals surface area contributed by atoms with Crippen molar-refractivity contribution in [1.82, 2.24) is 5.32 Å². The van der Waals surface area contributed by atoms with Crippen LogP contribution in [0.25, 0.3) is 0 Å². The van der Waals surface area contributed by atoms with Gasteiger partial charge in [-0.1, -0.05) is 33.1 Å². The lowest BCUT2D eigenvalue weighted by Crippen LogP contribution is -2.36. The summed E-state index contributed by atoms with van der Waals surface area (Å²) >= 11 is 0. The van der Waals surface area contributed by atoms with Gasteiger partial charge in [0.25, 0.3) is 0 Å². The molecule has 0 spiro atoms. The van der Waals surface area contributed by atoms with Crippen molar-refractivity contribution in [2.45, 2.75) is 51.3 Å². The van der Waals surface area contributed by atoms with Crippen molar-refractivity contribution in [2.24, 2.45) is 0 Å². The Balaban J connectivity index is -0.000000980. The molecule has 0 aliphatic rings. The van der Waals surface area contributed by atoms with E-state index in [1.54, 1.807) is 0 Å². The quantitative estimate of drug-likeness (QED) is 0.505. The molecule has 0 aromatic rings. The predicted molar refractivity (Wildman–Crippen MR) is 77.9 cm³/mol. The van der Waals surface area contributed by atoms with Crippen molar-refractivity contribution < 1.29 is 9.90 Å². The molecule has 0 saturated heterocycles. The standard InChI is InChI=1S/C11H22BNO2.2ClH/c1-3-5-7-11(12,10(14)15)9-13-8-6-4-2;;/h13H,3-9H2,1-2H3,(H,14,15);2*1H. The van der Waals surface area contributed by atoms with Gasteiger partial charge in [-0.3, -0.25) is 4.79 Å². The Morgan fingerprint density at radius 2 is 1.76 bits per heavy atom. The molecule has 3 nitrogen and oxygen atoms in total. The van der Waals surface area contributed by atoms with Crippen molar-refractivity contribution in [2.75, 3.05) is 13.1 Å². The number of hydrogen-bond acceptors (Lipinski definition) is 2. The van der Waals surface area contributed by atoms with Crippen LogP contribution < -0.4 is 5.32 Å². The third-order valence-corrected chi connectivity index (χ3v) is 2.55. The third-order valence-electron chi connectivity index (χ3n) is 2.55. The number of halogens is 2. The van der Waals surface area contributed by atoms with Crippen LogP contribution in [0.15, 0.2) is 0 Å². The Kier molecular flexibility index (Phi) is 16.4. The van der Waals surface area contributed by atoms with Gasteiger partial charge in [0.15, 0.2) is 0 Å². The number of carboxylic acid groups (broad SMARTS) is 1. The van der Waals surface area contributed by atoms with Gasteiger partial charge in [0.1, 0.15) is 0 Å². The summed E-state index contributed by atoms with van der Waals surface area (Å²) in [7, 11) is 5.85. The summed E-state index contributed by atoms with van der Waals surface area (Å²) in [5.41, 5.74) is 0. The van der Waals surface area contributed by atoms with Crippen LogP contribution in [0.5, 0.6) is 0 Å². The van der Waals surface area contributed by atoms with Crippen LogP contribution in [0.1, 0.15) is 46.0 Å². The highest BCUT2D eigenvalue weighted by molar-refractivity contribution is 6.26. The Morgan fingerprint density at radius 3 is 2.18 bits per heavy atom. The molecule has 1 atom stereocenters. The second kappa shape index (κ2) is 12.5. The largest absolute Gasteiger partial charge is 0.481 e. The normalized spacial score (nSPS) is 13.1. The molecule has 0 bridgehead atoms. The lowest BCUT2D eigenvalue weighted by molar-refractivity contribution is -0.140. The van der Waals surface area contributed by atoms with E-state index in [4.69, 9.17) is 13.0 Å². The van der Waals surface area contributed by atoms with Crippen molar-refractivity contribution >= 4 is 38.6 Å². The first-order chi connectivity index (χ1) is 7.06. The molecule has 0 rings (SSSR count). The number of aliphatic carboxylic acids is 1. The first kappa shape index (κ1) is 22.3. The fourth-order valence-corrected chi connectivity index (χ4v) is 1.38. The molecule has 0 aromatic heterocycles. The molecule has 0 amide bonds. The van der Waals surface area contributed by atoms with Crippen LogP contribution in [-0.2, 0) is 4.79 Å². The number of carbonyl (C=O) groups is 1. The lowest BCUT2D eigenvalue weighted by atomic mass is 9.65. The van der Waals surface area contributed by atoms with Gasteiger partial charge in [-0.05, 0) is 19.4 Å². The molecule has 17 heavy (non-hydrogen) atoms.